The number of hydrogen-bond acceptors (Lipinski definition) is 6. The predicted octanol–water partition coefficient (Wildman–Crippen LogP) is 23.1. The zero-order valence-electron chi connectivity index (χ0n) is 51.5. The third-order valence-electron chi connectivity index (χ3n) is 15.0. The van der Waals surface area contributed by atoms with Gasteiger partial charge in [-0.05, 0) is 89.9 Å². The van der Waals surface area contributed by atoms with Crippen molar-refractivity contribution >= 4 is 17.9 Å². The summed E-state index contributed by atoms with van der Waals surface area (Å²) < 4.78 is 16.9. The van der Waals surface area contributed by atoms with Crippen LogP contribution in [0.2, 0.25) is 0 Å². The SMILES string of the molecule is CCCCC/C=C\C/C=C\CCCCCCCCCC(=O)OC(COC(=O)CCCCCCCCCCC)COC(=O)CCCCCCCCCCCCCCCCCCCC/C=C\C/C=C\C/C=C\CCCCCCC. The van der Waals surface area contributed by atoms with Crippen molar-refractivity contribution in [3.63, 3.8) is 0 Å². The number of hydrogen-bond donors (Lipinski definition) is 0. The van der Waals surface area contributed by atoms with E-state index < -0.39 is 6.10 Å². The molecule has 1 atom stereocenters. The molecule has 0 aliphatic rings. The zero-order valence-corrected chi connectivity index (χ0v) is 51.5. The molecule has 0 heterocycles. The van der Waals surface area contributed by atoms with Crippen LogP contribution in [-0.2, 0) is 28.6 Å². The second kappa shape index (κ2) is 65.6. The van der Waals surface area contributed by atoms with E-state index in [1.54, 1.807) is 0 Å². The summed E-state index contributed by atoms with van der Waals surface area (Å²) >= 11 is 0. The number of esters is 3. The Morgan fingerprint density at radius 3 is 0.753 bits per heavy atom. The number of ether oxygens (including phenoxy) is 3. The molecule has 1 unspecified atom stereocenters. The van der Waals surface area contributed by atoms with E-state index in [0.29, 0.717) is 19.3 Å². The van der Waals surface area contributed by atoms with Crippen molar-refractivity contribution in [2.45, 2.75) is 361 Å². The van der Waals surface area contributed by atoms with Crippen LogP contribution < -0.4 is 0 Å². The topological polar surface area (TPSA) is 78.9 Å². The van der Waals surface area contributed by atoms with Gasteiger partial charge in [0.15, 0.2) is 6.10 Å². The number of carbonyl (C=O) groups excluding carboxylic acids is 3. The molecule has 0 rings (SSSR count). The predicted molar refractivity (Wildman–Crippen MR) is 335 cm³/mol. The van der Waals surface area contributed by atoms with Crippen molar-refractivity contribution < 1.29 is 28.6 Å². The summed E-state index contributed by atoms with van der Waals surface area (Å²) in [7, 11) is 0. The molecule has 0 aliphatic heterocycles. The Morgan fingerprint density at radius 2 is 0.468 bits per heavy atom. The van der Waals surface area contributed by atoms with Gasteiger partial charge in [0.1, 0.15) is 13.2 Å². The lowest BCUT2D eigenvalue weighted by Gasteiger charge is -2.18. The van der Waals surface area contributed by atoms with Gasteiger partial charge in [0.05, 0.1) is 0 Å². The quantitative estimate of drug-likeness (QED) is 0.0261. The number of unbranched alkanes of at least 4 members (excludes halogenated alkanes) is 41. The largest absolute Gasteiger partial charge is 0.462 e. The first kappa shape index (κ1) is 74.1. The Kier molecular flexibility index (Phi) is 63.2. The zero-order chi connectivity index (χ0) is 55.7. The molecular formula is C71H128O6. The van der Waals surface area contributed by atoms with E-state index in [4.69, 9.17) is 14.2 Å². The van der Waals surface area contributed by atoms with Crippen molar-refractivity contribution in [2.75, 3.05) is 13.2 Å². The molecule has 0 aliphatic carbocycles. The van der Waals surface area contributed by atoms with E-state index in [0.717, 1.165) is 83.5 Å². The Bertz CT molecular complexity index is 1380. The Morgan fingerprint density at radius 1 is 0.260 bits per heavy atom. The van der Waals surface area contributed by atoms with Crippen LogP contribution in [0.5, 0.6) is 0 Å². The maximum atomic E-state index is 12.9. The fraction of sp³-hybridized carbons (Fsp3) is 0.817. The van der Waals surface area contributed by atoms with Crippen molar-refractivity contribution in [2.24, 2.45) is 0 Å². The van der Waals surface area contributed by atoms with Crippen LogP contribution in [0, 0.1) is 0 Å². The van der Waals surface area contributed by atoms with Gasteiger partial charge in [-0.15, -0.1) is 0 Å². The van der Waals surface area contributed by atoms with E-state index >= 15 is 0 Å². The van der Waals surface area contributed by atoms with Gasteiger partial charge in [0, 0.05) is 19.3 Å². The average Bonchev–Trinajstić information content (AvgIpc) is 3.43. The highest BCUT2D eigenvalue weighted by Crippen LogP contribution is 2.17. The van der Waals surface area contributed by atoms with Crippen LogP contribution in [-0.4, -0.2) is 37.2 Å². The normalized spacial score (nSPS) is 12.4. The molecule has 77 heavy (non-hydrogen) atoms. The minimum atomic E-state index is -0.775. The number of allylic oxidation sites excluding steroid dienone is 10. The molecule has 448 valence electrons. The molecule has 0 fully saturated rings. The highest BCUT2D eigenvalue weighted by molar-refractivity contribution is 5.71. The summed E-state index contributed by atoms with van der Waals surface area (Å²) in [5.41, 5.74) is 0. The summed E-state index contributed by atoms with van der Waals surface area (Å²) in [6.07, 6.45) is 84.0. The minimum Gasteiger partial charge on any atom is -0.462 e. The molecule has 0 spiro atoms. The average molecular weight is 1080 g/mol. The van der Waals surface area contributed by atoms with Gasteiger partial charge in [-0.25, -0.2) is 0 Å². The summed E-state index contributed by atoms with van der Waals surface area (Å²) in [5.74, 6) is -0.865. The molecule has 0 aromatic rings. The van der Waals surface area contributed by atoms with Crippen LogP contribution in [0.25, 0.3) is 0 Å². The second-order valence-corrected chi connectivity index (χ2v) is 22.7. The third kappa shape index (κ3) is 63.8. The molecular weight excluding hydrogens is 949 g/mol. The molecule has 6 nitrogen and oxygen atoms in total. The molecule has 0 aromatic carbocycles. The van der Waals surface area contributed by atoms with Crippen LogP contribution >= 0.6 is 0 Å². The third-order valence-corrected chi connectivity index (χ3v) is 15.0. The van der Waals surface area contributed by atoms with E-state index in [-0.39, 0.29) is 31.1 Å². The lowest BCUT2D eigenvalue weighted by Crippen LogP contribution is -2.30. The highest BCUT2D eigenvalue weighted by Gasteiger charge is 2.19. The van der Waals surface area contributed by atoms with Gasteiger partial charge in [-0.3, -0.25) is 14.4 Å². The molecule has 0 bridgehead atoms. The van der Waals surface area contributed by atoms with Crippen molar-refractivity contribution in [3.05, 3.63) is 60.8 Å². The smallest absolute Gasteiger partial charge is 0.306 e. The van der Waals surface area contributed by atoms with E-state index in [9.17, 15) is 14.4 Å². The maximum absolute atomic E-state index is 12.9. The monoisotopic (exact) mass is 1080 g/mol. The molecule has 0 N–H and O–H groups in total. The lowest BCUT2D eigenvalue weighted by atomic mass is 10.0. The molecule has 0 radical (unpaired) electrons. The molecule has 0 aromatic heterocycles. The fourth-order valence-electron chi connectivity index (χ4n) is 9.89. The molecule has 0 saturated carbocycles. The Hall–Kier alpha value is -2.89. The van der Waals surface area contributed by atoms with E-state index in [2.05, 4.69) is 81.5 Å². The summed E-state index contributed by atoms with van der Waals surface area (Å²) in [5, 5.41) is 0. The van der Waals surface area contributed by atoms with Crippen LogP contribution in [0.3, 0.4) is 0 Å². The summed E-state index contributed by atoms with van der Waals surface area (Å²) in [4.78, 5) is 38.2. The molecule has 0 saturated heterocycles. The fourth-order valence-corrected chi connectivity index (χ4v) is 9.89. The first-order valence-electron chi connectivity index (χ1n) is 33.8. The van der Waals surface area contributed by atoms with Crippen LogP contribution in [0.1, 0.15) is 355 Å². The van der Waals surface area contributed by atoms with Gasteiger partial charge < -0.3 is 14.2 Å². The first-order valence-corrected chi connectivity index (χ1v) is 33.8. The van der Waals surface area contributed by atoms with Gasteiger partial charge in [0.25, 0.3) is 0 Å². The second-order valence-electron chi connectivity index (χ2n) is 22.7. The Balaban J connectivity index is 4.06. The maximum Gasteiger partial charge on any atom is 0.306 e. The van der Waals surface area contributed by atoms with Gasteiger partial charge >= 0.3 is 17.9 Å². The molecule has 0 amide bonds. The van der Waals surface area contributed by atoms with E-state index in [1.807, 2.05) is 0 Å². The summed E-state index contributed by atoms with van der Waals surface area (Å²) in [6, 6.07) is 0. The lowest BCUT2D eigenvalue weighted by molar-refractivity contribution is -0.167. The minimum absolute atomic E-state index is 0.0730. The number of rotatable bonds is 62. The van der Waals surface area contributed by atoms with Crippen LogP contribution in [0.15, 0.2) is 60.8 Å². The van der Waals surface area contributed by atoms with Crippen molar-refractivity contribution in [3.8, 4) is 0 Å². The van der Waals surface area contributed by atoms with Gasteiger partial charge in [-0.2, -0.15) is 0 Å². The number of carbonyl (C=O) groups is 3. The Labute approximate surface area is 479 Å². The summed E-state index contributed by atoms with van der Waals surface area (Å²) in [6.45, 7) is 6.62. The highest BCUT2D eigenvalue weighted by atomic mass is 16.6. The van der Waals surface area contributed by atoms with Gasteiger partial charge in [-0.1, -0.05) is 306 Å². The van der Waals surface area contributed by atoms with E-state index in [1.165, 1.54) is 231 Å². The first-order chi connectivity index (χ1) is 38.0. The van der Waals surface area contributed by atoms with Crippen molar-refractivity contribution in [1.82, 2.24) is 0 Å². The molecule has 6 heteroatoms. The standard InChI is InChI=1S/C71H128O6/c1-4-7-10-13-16-19-21-23-25-27-28-29-30-31-32-33-34-35-36-37-38-39-40-41-42-44-45-47-49-52-55-58-61-64-70(73)76-67-68(66-75-69(72)63-60-57-54-51-18-15-12-9-6-3)77-71(74)65-62-59-56-53-50-48-46-43-26-24-22-20-17-14-11-8-5-2/h17,20-21,23-24,26-28,30-31,68H,4-16,18-19,22,25,29,32-67H2,1-3H3/b20-17-,23-21-,26-24-,28-27-,31-30-. The van der Waals surface area contributed by atoms with Gasteiger partial charge in [0.2, 0.25) is 0 Å². The van der Waals surface area contributed by atoms with Crippen molar-refractivity contribution in [1.29, 1.82) is 0 Å². The van der Waals surface area contributed by atoms with Crippen LogP contribution in [0.4, 0.5) is 0 Å².